The lowest BCUT2D eigenvalue weighted by atomic mass is 10.2. The number of nitrogens with zero attached hydrogens (tertiary/aromatic N) is 2. The zero-order valence-electron chi connectivity index (χ0n) is 13.6. The second-order valence-corrected chi connectivity index (χ2v) is 6.58. The van der Waals surface area contributed by atoms with E-state index in [1.165, 1.54) is 4.88 Å². The minimum atomic E-state index is -0.0611. The minimum absolute atomic E-state index is 0.0611. The highest BCUT2D eigenvalue weighted by molar-refractivity contribution is 7.09. The third-order valence-electron chi connectivity index (χ3n) is 4.11. The van der Waals surface area contributed by atoms with Crippen molar-refractivity contribution in [1.29, 1.82) is 0 Å². The summed E-state index contributed by atoms with van der Waals surface area (Å²) in [6, 6.07) is 4.00. The Bertz CT molecular complexity index is 431. The summed E-state index contributed by atoms with van der Waals surface area (Å²) >= 11 is 1.68. The largest absolute Gasteiger partial charge is 0.380 e. The zero-order valence-corrected chi connectivity index (χ0v) is 14.4. The van der Waals surface area contributed by atoms with Gasteiger partial charge in [-0.3, -0.25) is 14.6 Å². The minimum Gasteiger partial charge on any atom is -0.380 e. The van der Waals surface area contributed by atoms with E-state index in [0.29, 0.717) is 6.54 Å². The number of hydrogen-bond acceptors (Lipinski definition) is 5. The van der Waals surface area contributed by atoms with Crippen LogP contribution in [-0.4, -0.2) is 67.7 Å². The van der Waals surface area contributed by atoms with Gasteiger partial charge in [0.15, 0.2) is 0 Å². The Morgan fingerprint density at radius 2 is 2.18 bits per heavy atom. The van der Waals surface area contributed by atoms with Gasteiger partial charge in [-0.1, -0.05) is 6.07 Å². The predicted octanol–water partition coefficient (Wildman–Crippen LogP) is 1.41. The first-order valence-corrected chi connectivity index (χ1v) is 8.93. The Kier molecular flexibility index (Phi) is 7.32. The molecule has 0 bridgehead atoms. The highest BCUT2D eigenvalue weighted by Crippen LogP contribution is 2.09. The summed E-state index contributed by atoms with van der Waals surface area (Å²) in [6.07, 6.45) is 0. The van der Waals surface area contributed by atoms with Gasteiger partial charge in [-0.05, 0) is 25.3 Å². The van der Waals surface area contributed by atoms with Gasteiger partial charge in [0, 0.05) is 44.2 Å². The van der Waals surface area contributed by atoms with E-state index in [1.807, 2.05) is 31.4 Å². The van der Waals surface area contributed by atoms with E-state index in [1.54, 1.807) is 11.3 Å². The average Bonchev–Trinajstić information content (AvgIpc) is 3.06. The van der Waals surface area contributed by atoms with Crippen molar-refractivity contribution < 1.29 is 9.53 Å². The fraction of sp³-hybridized carbons (Fsp3) is 0.688. The molecule has 1 amide bonds. The molecule has 0 radical (unpaired) electrons. The molecule has 124 valence electrons. The van der Waals surface area contributed by atoms with Crippen molar-refractivity contribution in [2.45, 2.75) is 26.4 Å². The quantitative estimate of drug-likeness (QED) is 0.734. The zero-order chi connectivity index (χ0) is 15.8. The first kappa shape index (κ1) is 17.4. The summed E-state index contributed by atoms with van der Waals surface area (Å²) in [5.74, 6) is 0.121. The summed E-state index contributed by atoms with van der Waals surface area (Å²) in [4.78, 5) is 18.1. The number of nitrogens with one attached hydrogen (secondary N) is 1. The van der Waals surface area contributed by atoms with Crippen LogP contribution in [0.15, 0.2) is 17.5 Å². The number of carbonyl (C=O) groups excluding carboxylic acids is 1. The van der Waals surface area contributed by atoms with Gasteiger partial charge in [-0.15, -0.1) is 11.3 Å². The third-order valence-corrected chi connectivity index (χ3v) is 4.98. The third kappa shape index (κ3) is 5.35. The number of amides is 1. The van der Waals surface area contributed by atoms with Gasteiger partial charge in [0.2, 0.25) is 5.91 Å². The average molecular weight is 325 g/mol. The van der Waals surface area contributed by atoms with Crippen LogP contribution in [0.3, 0.4) is 0 Å². The van der Waals surface area contributed by atoms with Crippen LogP contribution in [0.4, 0.5) is 0 Å². The van der Waals surface area contributed by atoms with Gasteiger partial charge < -0.3 is 10.1 Å². The van der Waals surface area contributed by atoms with E-state index >= 15 is 0 Å². The van der Waals surface area contributed by atoms with Crippen molar-refractivity contribution >= 4 is 17.2 Å². The monoisotopic (exact) mass is 325 g/mol. The van der Waals surface area contributed by atoms with Crippen molar-refractivity contribution in [3.05, 3.63) is 22.4 Å². The van der Waals surface area contributed by atoms with Crippen LogP contribution in [-0.2, 0) is 16.1 Å². The highest BCUT2D eigenvalue weighted by Gasteiger charge is 2.25. The second kappa shape index (κ2) is 9.25. The van der Waals surface area contributed by atoms with E-state index in [2.05, 4.69) is 15.1 Å². The van der Waals surface area contributed by atoms with Crippen LogP contribution in [0, 0.1) is 0 Å². The molecule has 1 atom stereocenters. The van der Waals surface area contributed by atoms with Crippen molar-refractivity contribution in [1.82, 2.24) is 15.1 Å². The second-order valence-electron chi connectivity index (χ2n) is 5.55. The summed E-state index contributed by atoms with van der Waals surface area (Å²) < 4.78 is 5.40. The Labute approximate surface area is 137 Å². The Balaban J connectivity index is 1.67. The summed E-state index contributed by atoms with van der Waals surface area (Å²) in [5, 5.41) is 5.07. The normalized spacial score (nSPS) is 18.3. The van der Waals surface area contributed by atoms with Gasteiger partial charge >= 0.3 is 0 Å². The maximum atomic E-state index is 12.2. The predicted molar refractivity (Wildman–Crippen MR) is 90.1 cm³/mol. The standard InChI is InChI=1S/C16H27N3O2S/c1-3-21-11-10-18-6-8-19(9-7-18)14(2)16(20)17-13-15-5-4-12-22-15/h4-5,12,14H,3,6-11,13H2,1-2H3,(H,17,20)/t14-/m1/s1. The van der Waals surface area contributed by atoms with Crippen molar-refractivity contribution in [3.63, 3.8) is 0 Å². The molecule has 6 heteroatoms. The first-order chi connectivity index (χ1) is 10.7. The molecule has 2 heterocycles. The molecule has 22 heavy (non-hydrogen) atoms. The van der Waals surface area contributed by atoms with E-state index in [-0.39, 0.29) is 11.9 Å². The molecule has 1 aliphatic rings. The van der Waals surface area contributed by atoms with Gasteiger partial charge in [-0.25, -0.2) is 0 Å². The summed E-state index contributed by atoms with van der Waals surface area (Å²) in [7, 11) is 0. The van der Waals surface area contributed by atoms with Gasteiger partial charge in [0.05, 0.1) is 19.2 Å². The van der Waals surface area contributed by atoms with Crippen molar-refractivity contribution in [2.24, 2.45) is 0 Å². The van der Waals surface area contributed by atoms with Crippen LogP contribution < -0.4 is 5.32 Å². The van der Waals surface area contributed by atoms with E-state index in [4.69, 9.17) is 4.74 Å². The molecular formula is C16H27N3O2S. The first-order valence-electron chi connectivity index (χ1n) is 8.05. The van der Waals surface area contributed by atoms with Crippen LogP contribution in [0.1, 0.15) is 18.7 Å². The van der Waals surface area contributed by atoms with Crippen LogP contribution in [0.2, 0.25) is 0 Å². The topological polar surface area (TPSA) is 44.8 Å². The Morgan fingerprint density at radius 1 is 1.41 bits per heavy atom. The van der Waals surface area contributed by atoms with E-state index < -0.39 is 0 Å². The van der Waals surface area contributed by atoms with E-state index in [0.717, 1.165) is 45.9 Å². The molecule has 1 N–H and O–H groups in total. The smallest absolute Gasteiger partial charge is 0.237 e. The van der Waals surface area contributed by atoms with E-state index in [9.17, 15) is 4.79 Å². The molecule has 5 nitrogen and oxygen atoms in total. The number of rotatable bonds is 8. The molecule has 0 saturated carbocycles. The number of thiophene rings is 1. The summed E-state index contributed by atoms with van der Waals surface area (Å²) in [6.45, 7) is 11.1. The maximum absolute atomic E-state index is 12.2. The SMILES string of the molecule is CCOCCN1CCN([C@H](C)C(=O)NCc2cccs2)CC1. The number of ether oxygens (including phenoxy) is 1. The van der Waals surface area contributed by atoms with Gasteiger partial charge in [0.25, 0.3) is 0 Å². The molecule has 2 rings (SSSR count). The molecule has 1 aliphatic heterocycles. The van der Waals surface area contributed by atoms with Crippen molar-refractivity contribution in [2.75, 3.05) is 45.9 Å². The molecule has 0 aliphatic carbocycles. The lowest BCUT2D eigenvalue weighted by Gasteiger charge is -2.37. The molecule has 1 aromatic rings. The molecule has 1 saturated heterocycles. The lowest BCUT2D eigenvalue weighted by Crippen LogP contribution is -2.54. The summed E-state index contributed by atoms with van der Waals surface area (Å²) in [5.41, 5.74) is 0. The van der Waals surface area contributed by atoms with Crippen LogP contribution in [0.25, 0.3) is 0 Å². The number of piperazine rings is 1. The van der Waals surface area contributed by atoms with Gasteiger partial charge in [0.1, 0.15) is 0 Å². The number of hydrogen-bond donors (Lipinski definition) is 1. The molecule has 1 aromatic heterocycles. The van der Waals surface area contributed by atoms with Crippen molar-refractivity contribution in [3.8, 4) is 0 Å². The highest BCUT2D eigenvalue weighted by atomic mass is 32.1. The Hall–Kier alpha value is -0.950. The molecule has 0 aromatic carbocycles. The van der Waals surface area contributed by atoms with Gasteiger partial charge in [-0.2, -0.15) is 0 Å². The maximum Gasteiger partial charge on any atom is 0.237 e. The fourth-order valence-electron chi connectivity index (χ4n) is 2.61. The number of carbonyl (C=O) groups is 1. The molecule has 0 unspecified atom stereocenters. The molecule has 0 spiro atoms. The molecule has 1 fully saturated rings. The lowest BCUT2D eigenvalue weighted by molar-refractivity contribution is -0.126. The van der Waals surface area contributed by atoms with Crippen LogP contribution in [0.5, 0.6) is 0 Å². The van der Waals surface area contributed by atoms with Crippen LogP contribution >= 0.6 is 11.3 Å². The molecular weight excluding hydrogens is 298 g/mol. The fourth-order valence-corrected chi connectivity index (χ4v) is 3.26. The Morgan fingerprint density at radius 3 is 2.82 bits per heavy atom.